The van der Waals surface area contributed by atoms with Crippen LogP contribution in [0.15, 0.2) is 18.3 Å². The standard InChI is InChI=1S/C13H12Cl2N2OS/c1-7-3-9(19-8(7)2)5-17-13(18)10-4-12(15)16-6-11(10)14/h3-4,6H,5H2,1-2H3,(H,17,18). The van der Waals surface area contributed by atoms with E-state index in [9.17, 15) is 4.79 Å². The van der Waals surface area contributed by atoms with Crippen LogP contribution >= 0.6 is 34.5 Å². The summed E-state index contributed by atoms with van der Waals surface area (Å²) in [5.41, 5.74) is 1.57. The van der Waals surface area contributed by atoms with E-state index in [1.54, 1.807) is 11.3 Å². The Labute approximate surface area is 125 Å². The van der Waals surface area contributed by atoms with E-state index in [2.05, 4.69) is 30.2 Å². The van der Waals surface area contributed by atoms with Crippen LogP contribution in [0.4, 0.5) is 0 Å². The third-order valence-corrected chi connectivity index (χ3v) is 4.37. The third kappa shape index (κ3) is 3.47. The van der Waals surface area contributed by atoms with Gasteiger partial charge in [0.25, 0.3) is 5.91 Å². The number of carbonyl (C=O) groups is 1. The van der Waals surface area contributed by atoms with Gasteiger partial charge in [0.05, 0.1) is 17.1 Å². The molecule has 1 N–H and O–H groups in total. The van der Waals surface area contributed by atoms with Crippen LogP contribution in [0.1, 0.15) is 25.7 Å². The number of halogens is 2. The minimum atomic E-state index is -0.252. The van der Waals surface area contributed by atoms with Crippen LogP contribution < -0.4 is 5.32 Å². The van der Waals surface area contributed by atoms with Crippen molar-refractivity contribution >= 4 is 40.4 Å². The van der Waals surface area contributed by atoms with Crippen molar-refractivity contribution in [3.8, 4) is 0 Å². The van der Waals surface area contributed by atoms with E-state index < -0.39 is 0 Å². The summed E-state index contributed by atoms with van der Waals surface area (Å²) in [6.45, 7) is 4.59. The van der Waals surface area contributed by atoms with Crippen molar-refractivity contribution in [2.45, 2.75) is 20.4 Å². The number of hydrogen-bond acceptors (Lipinski definition) is 3. The summed E-state index contributed by atoms with van der Waals surface area (Å²) in [5, 5.41) is 3.36. The number of thiophene rings is 1. The highest BCUT2D eigenvalue weighted by Gasteiger charge is 2.12. The summed E-state index contributed by atoms with van der Waals surface area (Å²) >= 11 is 13.4. The van der Waals surface area contributed by atoms with Crippen molar-refractivity contribution in [1.82, 2.24) is 10.3 Å². The Morgan fingerprint density at radius 3 is 2.74 bits per heavy atom. The Hall–Kier alpha value is -1.10. The fraction of sp³-hybridized carbons (Fsp3) is 0.231. The molecule has 2 aromatic heterocycles. The summed E-state index contributed by atoms with van der Waals surface area (Å²) in [5.74, 6) is -0.252. The highest BCUT2D eigenvalue weighted by atomic mass is 35.5. The highest BCUT2D eigenvalue weighted by Crippen LogP contribution is 2.21. The minimum Gasteiger partial charge on any atom is -0.347 e. The molecule has 0 saturated carbocycles. The van der Waals surface area contributed by atoms with Gasteiger partial charge in [0.1, 0.15) is 5.15 Å². The number of aromatic nitrogens is 1. The summed E-state index contributed by atoms with van der Waals surface area (Å²) < 4.78 is 0. The molecule has 0 saturated heterocycles. The Bertz CT molecular complexity index is 606. The lowest BCUT2D eigenvalue weighted by Crippen LogP contribution is -2.22. The quantitative estimate of drug-likeness (QED) is 0.870. The fourth-order valence-electron chi connectivity index (χ4n) is 1.59. The molecule has 0 aliphatic rings. The number of hydrogen-bond donors (Lipinski definition) is 1. The Morgan fingerprint density at radius 1 is 1.37 bits per heavy atom. The van der Waals surface area contributed by atoms with Gasteiger partial charge in [-0.1, -0.05) is 23.2 Å². The third-order valence-electron chi connectivity index (χ3n) is 2.71. The first-order valence-electron chi connectivity index (χ1n) is 5.62. The fourth-order valence-corrected chi connectivity index (χ4v) is 2.93. The van der Waals surface area contributed by atoms with E-state index in [1.165, 1.54) is 22.7 Å². The van der Waals surface area contributed by atoms with Crippen LogP contribution in [0, 0.1) is 13.8 Å². The number of carbonyl (C=O) groups excluding carboxylic acids is 1. The van der Waals surface area contributed by atoms with Crippen LogP contribution in [-0.2, 0) is 6.54 Å². The van der Waals surface area contributed by atoms with Crippen molar-refractivity contribution in [3.05, 3.63) is 49.4 Å². The second-order valence-corrected chi connectivity index (χ2v) is 6.26. The molecule has 0 unspecified atom stereocenters. The predicted octanol–water partition coefficient (Wildman–Crippen LogP) is 4.00. The van der Waals surface area contributed by atoms with Crippen molar-refractivity contribution < 1.29 is 4.79 Å². The lowest BCUT2D eigenvalue weighted by molar-refractivity contribution is 0.0951. The van der Waals surface area contributed by atoms with Crippen LogP contribution in [-0.4, -0.2) is 10.9 Å². The Morgan fingerprint density at radius 2 is 2.11 bits per heavy atom. The molecular formula is C13H12Cl2N2OS. The average Bonchev–Trinajstić information content (AvgIpc) is 2.69. The summed E-state index contributed by atoms with van der Waals surface area (Å²) in [7, 11) is 0. The van der Waals surface area contributed by atoms with E-state index in [0.717, 1.165) is 4.88 Å². The van der Waals surface area contributed by atoms with E-state index >= 15 is 0 Å². The maximum atomic E-state index is 12.0. The molecule has 2 aromatic rings. The second kappa shape index (κ2) is 5.90. The molecule has 0 spiro atoms. The number of rotatable bonds is 3. The molecule has 0 radical (unpaired) electrons. The Balaban J connectivity index is 2.07. The van der Waals surface area contributed by atoms with Crippen molar-refractivity contribution in [1.29, 1.82) is 0 Å². The average molecular weight is 315 g/mol. The zero-order valence-corrected chi connectivity index (χ0v) is 12.8. The maximum Gasteiger partial charge on any atom is 0.253 e. The molecule has 2 heterocycles. The monoisotopic (exact) mass is 314 g/mol. The summed E-state index contributed by atoms with van der Waals surface area (Å²) in [4.78, 5) is 18.2. The molecule has 0 aliphatic carbocycles. The van der Waals surface area contributed by atoms with Gasteiger partial charge in [-0.05, 0) is 31.5 Å². The Kier molecular flexibility index (Phi) is 4.45. The molecule has 0 aliphatic heterocycles. The molecule has 0 bridgehead atoms. The van der Waals surface area contributed by atoms with Gasteiger partial charge in [0.2, 0.25) is 0 Å². The lowest BCUT2D eigenvalue weighted by Gasteiger charge is -2.05. The van der Waals surface area contributed by atoms with Crippen molar-refractivity contribution in [2.24, 2.45) is 0 Å². The normalized spacial score (nSPS) is 10.5. The van der Waals surface area contributed by atoms with Crippen LogP contribution in [0.25, 0.3) is 0 Å². The van der Waals surface area contributed by atoms with Gasteiger partial charge in [0.15, 0.2) is 0 Å². The lowest BCUT2D eigenvalue weighted by atomic mass is 10.2. The van der Waals surface area contributed by atoms with Crippen LogP contribution in [0.3, 0.4) is 0 Å². The van der Waals surface area contributed by atoms with Crippen LogP contribution in [0.2, 0.25) is 10.2 Å². The smallest absolute Gasteiger partial charge is 0.253 e. The van der Waals surface area contributed by atoms with Gasteiger partial charge in [-0.25, -0.2) is 4.98 Å². The molecule has 0 fully saturated rings. The molecule has 0 atom stereocenters. The molecule has 100 valence electrons. The van der Waals surface area contributed by atoms with Gasteiger partial charge in [-0.3, -0.25) is 4.79 Å². The molecular weight excluding hydrogens is 303 g/mol. The highest BCUT2D eigenvalue weighted by molar-refractivity contribution is 7.12. The largest absolute Gasteiger partial charge is 0.347 e. The first-order chi connectivity index (χ1) is 8.97. The molecule has 0 aromatic carbocycles. The molecule has 1 amide bonds. The van der Waals surface area contributed by atoms with Crippen LogP contribution in [0.5, 0.6) is 0 Å². The van der Waals surface area contributed by atoms with Gasteiger partial charge < -0.3 is 5.32 Å². The van der Waals surface area contributed by atoms with Gasteiger partial charge in [-0.2, -0.15) is 0 Å². The molecule has 2 rings (SSSR count). The number of nitrogens with one attached hydrogen (secondary N) is 1. The zero-order chi connectivity index (χ0) is 14.0. The van der Waals surface area contributed by atoms with Gasteiger partial charge in [0, 0.05) is 16.0 Å². The second-order valence-electron chi connectivity index (χ2n) is 4.12. The summed E-state index contributed by atoms with van der Waals surface area (Å²) in [6.07, 6.45) is 1.37. The maximum absolute atomic E-state index is 12.0. The van der Waals surface area contributed by atoms with Gasteiger partial charge in [-0.15, -0.1) is 11.3 Å². The number of amides is 1. The molecule has 19 heavy (non-hydrogen) atoms. The predicted molar refractivity (Wildman–Crippen MR) is 79.2 cm³/mol. The van der Waals surface area contributed by atoms with E-state index in [0.29, 0.717) is 17.1 Å². The number of aryl methyl sites for hydroxylation is 2. The number of pyridine rings is 1. The van der Waals surface area contributed by atoms with E-state index in [4.69, 9.17) is 23.2 Å². The molecule has 6 heteroatoms. The van der Waals surface area contributed by atoms with E-state index in [-0.39, 0.29) is 11.1 Å². The van der Waals surface area contributed by atoms with Crippen molar-refractivity contribution in [3.63, 3.8) is 0 Å². The SMILES string of the molecule is Cc1cc(CNC(=O)c2cc(Cl)ncc2Cl)sc1C. The first-order valence-corrected chi connectivity index (χ1v) is 7.20. The summed E-state index contributed by atoms with van der Waals surface area (Å²) in [6, 6.07) is 3.53. The number of nitrogens with zero attached hydrogens (tertiary/aromatic N) is 1. The zero-order valence-electron chi connectivity index (χ0n) is 10.5. The van der Waals surface area contributed by atoms with E-state index in [1.807, 2.05) is 0 Å². The molecule has 3 nitrogen and oxygen atoms in total. The minimum absolute atomic E-state index is 0.248. The van der Waals surface area contributed by atoms with Gasteiger partial charge >= 0.3 is 0 Å². The first kappa shape index (κ1) is 14.3. The van der Waals surface area contributed by atoms with Crippen molar-refractivity contribution in [2.75, 3.05) is 0 Å². The topological polar surface area (TPSA) is 42.0 Å².